The summed E-state index contributed by atoms with van der Waals surface area (Å²) in [4.78, 5) is 0. The first-order valence-electron chi connectivity index (χ1n) is 7.05. The number of aromatic nitrogens is 3. The van der Waals surface area contributed by atoms with E-state index < -0.39 is 0 Å². The van der Waals surface area contributed by atoms with Crippen LogP contribution in [0.1, 0.15) is 23.8 Å². The fourth-order valence-corrected chi connectivity index (χ4v) is 2.71. The van der Waals surface area contributed by atoms with Crippen molar-refractivity contribution in [2.45, 2.75) is 19.1 Å². The van der Waals surface area contributed by atoms with Gasteiger partial charge in [0, 0.05) is 32.7 Å². The Balaban J connectivity index is 1.56. The summed E-state index contributed by atoms with van der Waals surface area (Å²) in [5.41, 5.74) is 2.37. The van der Waals surface area contributed by atoms with Gasteiger partial charge in [0.25, 0.3) is 0 Å². The minimum Gasteiger partial charge on any atom is -0.373 e. The summed E-state index contributed by atoms with van der Waals surface area (Å²) in [6, 6.07) is 10.5. The summed E-state index contributed by atoms with van der Waals surface area (Å²) in [6.07, 6.45) is 3.12. The lowest BCUT2D eigenvalue weighted by Crippen LogP contribution is -2.25. The third-order valence-electron chi connectivity index (χ3n) is 3.86. The quantitative estimate of drug-likeness (QED) is 0.900. The van der Waals surface area contributed by atoms with E-state index in [1.54, 1.807) is 10.9 Å². The lowest BCUT2D eigenvalue weighted by atomic mass is 9.95. The predicted molar refractivity (Wildman–Crippen MR) is 76.0 cm³/mol. The summed E-state index contributed by atoms with van der Waals surface area (Å²) in [6.45, 7) is 2.59. The molecule has 0 unspecified atom stereocenters. The van der Waals surface area contributed by atoms with Crippen LogP contribution in [-0.4, -0.2) is 28.1 Å². The van der Waals surface area contributed by atoms with E-state index in [9.17, 15) is 0 Å². The Morgan fingerprint density at radius 2 is 2.20 bits per heavy atom. The van der Waals surface area contributed by atoms with Gasteiger partial charge in [0.05, 0.1) is 18.0 Å². The van der Waals surface area contributed by atoms with Crippen LogP contribution in [0.3, 0.4) is 0 Å². The molecular weight excluding hydrogens is 252 g/mol. The summed E-state index contributed by atoms with van der Waals surface area (Å²) >= 11 is 0. The molecule has 5 nitrogen and oxygen atoms in total. The Labute approximate surface area is 118 Å². The highest BCUT2D eigenvalue weighted by molar-refractivity contribution is 5.19. The zero-order valence-electron chi connectivity index (χ0n) is 11.7. The van der Waals surface area contributed by atoms with Crippen molar-refractivity contribution >= 4 is 0 Å². The molecule has 2 atom stereocenters. The molecule has 2 aromatic rings. The standard InChI is InChI=1S/C15H20N4O/c1-19-14(11-17-18-19)10-16-9-13-7-8-20-15(13)12-5-3-2-4-6-12/h2-6,11,13,15-16H,7-10H2,1H3/t13-,15-/m1/s1. The molecule has 0 amide bonds. The van der Waals surface area contributed by atoms with Crippen LogP contribution in [0.2, 0.25) is 0 Å². The van der Waals surface area contributed by atoms with Crippen molar-refractivity contribution in [1.82, 2.24) is 20.3 Å². The van der Waals surface area contributed by atoms with Crippen LogP contribution < -0.4 is 5.32 Å². The first-order chi connectivity index (χ1) is 9.84. The van der Waals surface area contributed by atoms with E-state index in [2.05, 4.69) is 39.9 Å². The highest BCUT2D eigenvalue weighted by Crippen LogP contribution is 2.33. The van der Waals surface area contributed by atoms with E-state index in [0.717, 1.165) is 31.8 Å². The summed E-state index contributed by atoms with van der Waals surface area (Å²) < 4.78 is 7.69. The second-order valence-electron chi connectivity index (χ2n) is 5.23. The molecule has 0 bridgehead atoms. The molecule has 0 spiro atoms. The Morgan fingerprint density at radius 1 is 1.35 bits per heavy atom. The van der Waals surface area contributed by atoms with Gasteiger partial charge in [0.1, 0.15) is 0 Å². The molecule has 1 N–H and O–H groups in total. The van der Waals surface area contributed by atoms with Crippen LogP contribution in [0.15, 0.2) is 36.5 Å². The first-order valence-corrected chi connectivity index (χ1v) is 7.05. The monoisotopic (exact) mass is 272 g/mol. The molecule has 2 heterocycles. The summed E-state index contributed by atoms with van der Waals surface area (Å²) in [7, 11) is 1.91. The van der Waals surface area contributed by atoms with Crippen LogP contribution >= 0.6 is 0 Å². The van der Waals surface area contributed by atoms with Gasteiger partial charge in [0.2, 0.25) is 0 Å². The van der Waals surface area contributed by atoms with Crippen molar-refractivity contribution < 1.29 is 4.74 Å². The van der Waals surface area contributed by atoms with E-state index in [1.165, 1.54) is 5.56 Å². The largest absolute Gasteiger partial charge is 0.373 e. The van der Waals surface area contributed by atoms with E-state index in [1.807, 2.05) is 13.1 Å². The molecule has 106 valence electrons. The number of aryl methyl sites for hydroxylation is 1. The van der Waals surface area contributed by atoms with E-state index in [-0.39, 0.29) is 6.10 Å². The molecule has 0 aliphatic carbocycles. The van der Waals surface area contributed by atoms with Crippen LogP contribution in [0, 0.1) is 5.92 Å². The maximum atomic E-state index is 5.89. The molecule has 1 aromatic carbocycles. The SMILES string of the molecule is Cn1nncc1CNC[C@H]1CCO[C@@H]1c1ccccc1. The van der Waals surface area contributed by atoms with Crippen LogP contribution in [0.25, 0.3) is 0 Å². The minimum atomic E-state index is 0.216. The molecule has 1 saturated heterocycles. The third-order valence-corrected chi connectivity index (χ3v) is 3.86. The van der Waals surface area contributed by atoms with Gasteiger partial charge < -0.3 is 10.1 Å². The van der Waals surface area contributed by atoms with Gasteiger partial charge in [-0.3, -0.25) is 4.68 Å². The van der Waals surface area contributed by atoms with Gasteiger partial charge in [-0.05, 0) is 12.0 Å². The molecule has 3 rings (SSSR count). The van der Waals surface area contributed by atoms with Crippen LogP contribution in [0.5, 0.6) is 0 Å². The molecular formula is C15H20N4O. The Kier molecular flexibility index (Phi) is 4.08. The van der Waals surface area contributed by atoms with Crippen LogP contribution in [-0.2, 0) is 18.3 Å². The molecule has 20 heavy (non-hydrogen) atoms. The molecule has 0 radical (unpaired) electrons. The first kappa shape index (κ1) is 13.3. The number of hydrogen-bond acceptors (Lipinski definition) is 4. The number of nitrogens with one attached hydrogen (secondary N) is 1. The van der Waals surface area contributed by atoms with Gasteiger partial charge in [-0.15, -0.1) is 5.10 Å². The highest BCUT2D eigenvalue weighted by atomic mass is 16.5. The average Bonchev–Trinajstić information content (AvgIpc) is 3.10. The molecule has 5 heteroatoms. The zero-order valence-corrected chi connectivity index (χ0v) is 11.7. The number of benzene rings is 1. The second kappa shape index (κ2) is 6.15. The Bertz CT molecular complexity index is 540. The van der Waals surface area contributed by atoms with Gasteiger partial charge in [-0.2, -0.15) is 0 Å². The molecule has 1 aliphatic heterocycles. The lowest BCUT2D eigenvalue weighted by Gasteiger charge is -2.19. The van der Waals surface area contributed by atoms with Crippen molar-refractivity contribution in [2.75, 3.05) is 13.2 Å². The van der Waals surface area contributed by atoms with Crippen molar-refractivity contribution in [3.63, 3.8) is 0 Å². The number of rotatable bonds is 5. The van der Waals surface area contributed by atoms with E-state index >= 15 is 0 Å². The fraction of sp³-hybridized carbons (Fsp3) is 0.467. The van der Waals surface area contributed by atoms with Crippen molar-refractivity contribution in [2.24, 2.45) is 13.0 Å². The minimum absolute atomic E-state index is 0.216. The maximum Gasteiger partial charge on any atom is 0.0866 e. The van der Waals surface area contributed by atoms with Crippen molar-refractivity contribution in [3.05, 3.63) is 47.8 Å². The summed E-state index contributed by atoms with van der Waals surface area (Å²) in [5.74, 6) is 0.526. The number of hydrogen-bond donors (Lipinski definition) is 1. The van der Waals surface area contributed by atoms with Gasteiger partial charge in [-0.1, -0.05) is 35.5 Å². The average molecular weight is 272 g/mol. The number of nitrogens with zero attached hydrogens (tertiary/aromatic N) is 3. The van der Waals surface area contributed by atoms with Crippen molar-refractivity contribution in [3.8, 4) is 0 Å². The fourth-order valence-electron chi connectivity index (χ4n) is 2.71. The maximum absolute atomic E-state index is 5.89. The predicted octanol–water partition coefficient (Wildman–Crippen LogP) is 1.68. The Morgan fingerprint density at radius 3 is 2.95 bits per heavy atom. The van der Waals surface area contributed by atoms with E-state index in [4.69, 9.17) is 4.74 Å². The topological polar surface area (TPSA) is 52.0 Å². The van der Waals surface area contributed by atoms with Crippen LogP contribution in [0.4, 0.5) is 0 Å². The van der Waals surface area contributed by atoms with Gasteiger partial charge in [-0.25, -0.2) is 0 Å². The van der Waals surface area contributed by atoms with Gasteiger partial charge in [0.15, 0.2) is 0 Å². The highest BCUT2D eigenvalue weighted by Gasteiger charge is 2.29. The Hall–Kier alpha value is -1.72. The van der Waals surface area contributed by atoms with Crippen molar-refractivity contribution in [1.29, 1.82) is 0 Å². The van der Waals surface area contributed by atoms with E-state index in [0.29, 0.717) is 5.92 Å². The normalized spacial score (nSPS) is 22.2. The number of ether oxygens (including phenoxy) is 1. The third kappa shape index (κ3) is 2.89. The molecule has 1 aliphatic rings. The molecule has 1 fully saturated rings. The molecule has 0 saturated carbocycles. The summed E-state index contributed by atoms with van der Waals surface area (Å²) in [5, 5.41) is 11.3. The zero-order chi connectivity index (χ0) is 13.8. The lowest BCUT2D eigenvalue weighted by molar-refractivity contribution is 0.0904. The molecule has 1 aromatic heterocycles. The second-order valence-corrected chi connectivity index (χ2v) is 5.23. The smallest absolute Gasteiger partial charge is 0.0866 e. The van der Waals surface area contributed by atoms with Gasteiger partial charge >= 0.3 is 0 Å².